The molecule has 6 aromatic rings. The van der Waals surface area contributed by atoms with Crippen LogP contribution >= 0.6 is 34.8 Å². The topological polar surface area (TPSA) is 55.2 Å². The predicted octanol–water partition coefficient (Wildman–Crippen LogP) is 9.72. The molecular formula is C34H25BCl3N2O2. The SMILES string of the molecule is Clc1ccnc(-c2cccc(-c3ccccc3)c2)c1.Clc1ccnc(Cl)c1.O[B]Oc1cccc(-c2ccccc2)c1. The molecule has 0 aliphatic heterocycles. The summed E-state index contributed by atoms with van der Waals surface area (Å²) in [6, 6.07) is 43.1. The fraction of sp³-hybridized carbons (Fsp3) is 0. The summed E-state index contributed by atoms with van der Waals surface area (Å²) in [5, 5.41) is 10.3. The molecule has 2 heterocycles. The van der Waals surface area contributed by atoms with Crippen LogP contribution in [0.4, 0.5) is 0 Å². The van der Waals surface area contributed by atoms with Crippen LogP contribution < -0.4 is 4.65 Å². The Balaban J connectivity index is 0.000000157. The van der Waals surface area contributed by atoms with Crippen molar-refractivity contribution in [1.82, 2.24) is 9.97 Å². The molecule has 8 heteroatoms. The van der Waals surface area contributed by atoms with E-state index in [1.807, 2.05) is 84.9 Å². The molecule has 2 aromatic heterocycles. The van der Waals surface area contributed by atoms with Crippen LogP contribution in [-0.4, -0.2) is 22.7 Å². The minimum Gasteiger partial charge on any atom is -0.537 e. The van der Waals surface area contributed by atoms with Crippen LogP contribution in [0.3, 0.4) is 0 Å². The van der Waals surface area contributed by atoms with E-state index in [9.17, 15) is 0 Å². The van der Waals surface area contributed by atoms with E-state index in [1.54, 1.807) is 36.7 Å². The molecule has 207 valence electrons. The summed E-state index contributed by atoms with van der Waals surface area (Å²) in [7, 11) is 0.685. The Morgan fingerprint density at radius 3 is 1.57 bits per heavy atom. The van der Waals surface area contributed by atoms with Crippen LogP contribution in [-0.2, 0) is 0 Å². The minimum atomic E-state index is 0.428. The normalized spacial score (nSPS) is 9.90. The van der Waals surface area contributed by atoms with Crippen LogP contribution in [0.25, 0.3) is 33.5 Å². The van der Waals surface area contributed by atoms with E-state index in [4.69, 9.17) is 44.5 Å². The lowest BCUT2D eigenvalue weighted by Crippen LogP contribution is -1.99. The molecule has 0 aliphatic rings. The second-order valence-corrected chi connectivity index (χ2v) is 9.98. The zero-order valence-electron chi connectivity index (χ0n) is 22.3. The molecule has 0 amide bonds. The molecule has 0 aliphatic carbocycles. The second-order valence-electron chi connectivity index (χ2n) is 8.72. The molecule has 0 saturated heterocycles. The molecule has 1 N–H and O–H groups in total. The summed E-state index contributed by atoms with van der Waals surface area (Å²) in [4.78, 5) is 8.08. The highest BCUT2D eigenvalue weighted by Crippen LogP contribution is 2.26. The van der Waals surface area contributed by atoms with Gasteiger partial charge in [-0.2, -0.15) is 0 Å². The average Bonchev–Trinajstić information content (AvgIpc) is 3.03. The number of benzene rings is 4. The molecule has 0 bridgehead atoms. The lowest BCUT2D eigenvalue weighted by Gasteiger charge is -2.05. The lowest BCUT2D eigenvalue weighted by atomic mass is 10.0. The van der Waals surface area contributed by atoms with Gasteiger partial charge in [-0.25, -0.2) is 4.98 Å². The summed E-state index contributed by atoms with van der Waals surface area (Å²) in [6.07, 6.45) is 3.29. The molecule has 0 spiro atoms. The molecule has 0 unspecified atom stereocenters. The Morgan fingerprint density at radius 2 is 1.02 bits per heavy atom. The van der Waals surface area contributed by atoms with E-state index in [-0.39, 0.29) is 0 Å². The third-order valence-corrected chi connectivity index (χ3v) is 6.48. The highest BCUT2D eigenvalue weighted by atomic mass is 35.5. The van der Waals surface area contributed by atoms with Crippen LogP contribution in [0.15, 0.2) is 146 Å². The lowest BCUT2D eigenvalue weighted by molar-refractivity contribution is 0.454. The van der Waals surface area contributed by atoms with Gasteiger partial charge in [-0.3, -0.25) is 4.98 Å². The zero-order chi connectivity index (χ0) is 29.6. The maximum absolute atomic E-state index is 8.53. The van der Waals surface area contributed by atoms with Crippen molar-refractivity contribution in [2.45, 2.75) is 0 Å². The second kappa shape index (κ2) is 16.4. The highest BCUT2D eigenvalue weighted by molar-refractivity contribution is 6.33. The summed E-state index contributed by atoms with van der Waals surface area (Å²) in [5.74, 6) is 0.624. The minimum absolute atomic E-state index is 0.428. The van der Waals surface area contributed by atoms with Crippen molar-refractivity contribution < 1.29 is 9.68 Å². The van der Waals surface area contributed by atoms with Gasteiger partial charge < -0.3 is 9.68 Å². The predicted molar refractivity (Wildman–Crippen MR) is 175 cm³/mol. The Bertz CT molecular complexity index is 1670. The number of nitrogens with zero attached hydrogens (tertiary/aromatic N) is 2. The van der Waals surface area contributed by atoms with Gasteiger partial charge in [-0.1, -0.05) is 126 Å². The number of hydrogen-bond donors (Lipinski definition) is 1. The first kappa shape index (κ1) is 30.8. The first-order valence-corrected chi connectivity index (χ1v) is 14.0. The molecule has 4 aromatic carbocycles. The van der Waals surface area contributed by atoms with Crippen LogP contribution in [0, 0.1) is 0 Å². The Morgan fingerprint density at radius 1 is 0.500 bits per heavy atom. The van der Waals surface area contributed by atoms with Gasteiger partial charge in [0.2, 0.25) is 0 Å². The van der Waals surface area contributed by atoms with Gasteiger partial charge in [0.1, 0.15) is 10.9 Å². The molecule has 4 nitrogen and oxygen atoms in total. The van der Waals surface area contributed by atoms with E-state index in [0.717, 1.165) is 22.4 Å². The maximum atomic E-state index is 8.53. The van der Waals surface area contributed by atoms with Gasteiger partial charge in [0, 0.05) is 28.0 Å². The van der Waals surface area contributed by atoms with Gasteiger partial charge >= 0.3 is 7.69 Å². The number of rotatable bonds is 5. The quantitative estimate of drug-likeness (QED) is 0.156. The number of hydrogen-bond acceptors (Lipinski definition) is 4. The van der Waals surface area contributed by atoms with Crippen molar-refractivity contribution >= 4 is 42.5 Å². The van der Waals surface area contributed by atoms with E-state index >= 15 is 0 Å². The Labute approximate surface area is 261 Å². The van der Waals surface area contributed by atoms with Gasteiger partial charge in [0.25, 0.3) is 0 Å². The van der Waals surface area contributed by atoms with Gasteiger partial charge in [0.15, 0.2) is 0 Å². The van der Waals surface area contributed by atoms with E-state index in [0.29, 0.717) is 28.6 Å². The molecular weight excluding hydrogens is 586 g/mol. The van der Waals surface area contributed by atoms with Crippen LogP contribution in [0.2, 0.25) is 15.2 Å². The standard InChI is InChI=1S/C17H12ClN.C12H10BO2.C5H3Cl2N/c18-16-9-10-19-17(12-16)15-8-4-7-14(11-15)13-5-2-1-3-6-13;14-13-15-12-8-4-7-11(9-12)10-5-2-1-3-6-10;6-4-1-2-8-5(7)3-4/h1-12H;1-9,14H;1-3H. The van der Waals surface area contributed by atoms with Crippen molar-refractivity contribution in [1.29, 1.82) is 0 Å². The molecule has 0 saturated carbocycles. The van der Waals surface area contributed by atoms with Gasteiger partial charge in [-0.05, 0) is 64.7 Å². The zero-order valence-corrected chi connectivity index (χ0v) is 24.6. The summed E-state index contributed by atoms with van der Waals surface area (Å²) in [6.45, 7) is 0. The Hall–Kier alpha value is -4.13. The Kier molecular flexibility index (Phi) is 12.0. The first-order chi connectivity index (χ1) is 20.5. The number of aromatic nitrogens is 2. The highest BCUT2D eigenvalue weighted by Gasteiger charge is 2.03. The fourth-order valence-electron chi connectivity index (χ4n) is 3.87. The van der Waals surface area contributed by atoms with E-state index in [1.165, 1.54) is 11.1 Å². The van der Waals surface area contributed by atoms with E-state index < -0.39 is 0 Å². The number of pyridine rings is 2. The third kappa shape index (κ3) is 9.76. The van der Waals surface area contributed by atoms with Crippen LogP contribution in [0.5, 0.6) is 5.75 Å². The molecule has 42 heavy (non-hydrogen) atoms. The summed E-state index contributed by atoms with van der Waals surface area (Å²) >= 11 is 17.0. The summed E-state index contributed by atoms with van der Waals surface area (Å²) in [5.41, 5.74) is 6.54. The van der Waals surface area contributed by atoms with Crippen molar-refractivity contribution in [3.05, 3.63) is 161 Å². The molecule has 0 atom stereocenters. The smallest absolute Gasteiger partial charge is 0.537 e. The van der Waals surface area contributed by atoms with Crippen molar-refractivity contribution in [3.63, 3.8) is 0 Å². The van der Waals surface area contributed by atoms with Crippen LogP contribution in [0.1, 0.15) is 0 Å². The first-order valence-electron chi connectivity index (χ1n) is 12.8. The fourth-order valence-corrected chi connectivity index (χ4v) is 4.42. The van der Waals surface area contributed by atoms with E-state index in [2.05, 4.69) is 34.2 Å². The molecule has 1 radical (unpaired) electrons. The van der Waals surface area contributed by atoms with Gasteiger partial charge in [0.05, 0.1) is 5.69 Å². The number of halogens is 3. The maximum Gasteiger partial charge on any atom is 0.569 e. The summed E-state index contributed by atoms with van der Waals surface area (Å²) < 4.78 is 4.90. The van der Waals surface area contributed by atoms with Crippen molar-refractivity contribution in [2.75, 3.05) is 0 Å². The average molecular weight is 611 g/mol. The van der Waals surface area contributed by atoms with Crippen molar-refractivity contribution in [3.8, 4) is 39.3 Å². The van der Waals surface area contributed by atoms with Crippen molar-refractivity contribution in [2.24, 2.45) is 0 Å². The monoisotopic (exact) mass is 609 g/mol. The molecule has 6 rings (SSSR count). The molecule has 0 fully saturated rings. The van der Waals surface area contributed by atoms with Gasteiger partial charge in [-0.15, -0.1) is 0 Å². The largest absolute Gasteiger partial charge is 0.569 e. The third-order valence-electron chi connectivity index (χ3n) is 5.81.